The molecule has 1 N–H and O–H groups in total. The summed E-state index contributed by atoms with van der Waals surface area (Å²) in [5, 5.41) is 8.92. The molecule has 0 saturated heterocycles. The summed E-state index contributed by atoms with van der Waals surface area (Å²) in [5.41, 5.74) is 0.622. The van der Waals surface area contributed by atoms with Gasteiger partial charge in [0, 0.05) is 5.57 Å². The zero-order valence-corrected chi connectivity index (χ0v) is 8.54. The molecule has 76 valence electrons. The molecule has 3 nitrogen and oxygen atoms in total. The number of allylic oxidation sites excluding steroid dienone is 1. The summed E-state index contributed by atoms with van der Waals surface area (Å²) in [4.78, 5) is 11.1. The van der Waals surface area contributed by atoms with Gasteiger partial charge < -0.3 is 9.84 Å². The van der Waals surface area contributed by atoms with E-state index in [1.54, 1.807) is 26.8 Å². The van der Waals surface area contributed by atoms with Gasteiger partial charge in [-0.15, -0.1) is 0 Å². The molecule has 13 heavy (non-hydrogen) atoms. The predicted octanol–water partition coefficient (Wildman–Crippen LogP) is 1.66. The first-order valence-corrected chi connectivity index (χ1v) is 4.56. The molecule has 0 bridgehead atoms. The largest absolute Gasteiger partial charge is 0.462 e. The molecule has 0 spiro atoms. The van der Waals surface area contributed by atoms with Crippen molar-refractivity contribution in [2.24, 2.45) is 0 Å². The van der Waals surface area contributed by atoms with E-state index in [0.717, 1.165) is 0 Å². The number of aliphatic hydroxyl groups is 1. The second-order valence-corrected chi connectivity index (χ2v) is 3.10. The van der Waals surface area contributed by atoms with Crippen LogP contribution in [0.3, 0.4) is 0 Å². The molecule has 0 amide bonds. The first kappa shape index (κ1) is 12.2. The predicted molar refractivity (Wildman–Crippen MR) is 51.3 cm³/mol. The first-order valence-electron chi connectivity index (χ1n) is 4.56. The Morgan fingerprint density at radius 1 is 1.62 bits per heavy atom. The summed E-state index contributed by atoms with van der Waals surface area (Å²) in [6.07, 6.45) is 2.78. The van der Waals surface area contributed by atoms with Crippen molar-refractivity contribution in [3.05, 3.63) is 11.6 Å². The zero-order chi connectivity index (χ0) is 10.3. The lowest BCUT2D eigenvalue weighted by molar-refractivity contribution is -0.139. The maximum atomic E-state index is 11.1. The van der Waals surface area contributed by atoms with Crippen LogP contribution in [0.2, 0.25) is 0 Å². The Bertz CT molecular complexity index is 183. The number of aliphatic hydroxyl groups excluding tert-OH is 1. The van der Waals surface area contributed by atoms with Crippen molar-refractivity contribution in [1.82, 2.24) is 0 Å². The molecular formula is C10H18O3. The number of carbonyl (C=O) groups excluding carboxylic acids is 1. The van der Waals surface area contributed by atoms with Crippen LogP contribution >= 0.6 is 0 Å². The second-order valence-electron chi connectivity index (χ2n) is 3.10. The summed E-state index contributed by atoms with van der Waals surface area (Å²) in [7, 11) is 0. The minimum atomic E-state index is -0.318. The van der Waals surface area contributed by atoms with Gasteiger partial charge in [0.15, 0.2) is 0 Å². The van der Waals surface area contributed by atoms with Gasteiger partial charge in [0.1, 0.15) is 0 Å². The molecular weight excluding hydrogens is 168 g/mol. The van der Waals surface area contributed by atoms with E-state index in [0.29, 0.717) is 25.0 Å². The van der Waals surface area contributed by atoms with Gasteiger partial charge in [-0.25, -0.2) is 4.79 Å². The van der Waals surface area contributed by atoms with Gasteiger partial charge in [0.05, 0.1) is 12.7 Å². The Labute approximate surface area is 79.4 Å². The molecule has 1 atom stereocenters. The summed E-state index contributed by atoms with van der Waals surface area (Å²) in [6, 6.07) is 0. The van der Waals surface area contributed by atoms with E-state index >= 15 is 0 Å². The molecule has 0 radical (unpaired) electrons. The number of hydrogen-bond acceptors (Lipinski definition) is 3. The molecule has 0 aliphatic carbocycles. The lowest BCUT2D eigenvalue weighted by atomic mass is 10.2. The molecule has 3 heteroatoms. The summed E-state index contributed by atoms with van der Waals surface area (Å²) in [6.45, 7) is 5.62. The fourth-order valence-electron chi connectivity index (χ4n) is 0.775. The molecule has 0 heterocycles. The van der Waals surface area contributed by atoms with Crippen LogP contribution in [0.1, 0.15) is 33.6 Å². The maximum absolute atomic E-state index is 11.1. The third-order valence-electron chi connectivity index (χ3n) is 1.75. The topological polar surface area (TPSA) is 46.5 Å². The van der Waals surface area contributed by atoms with Gasteiger partial charge in [-0.1, -0.05) is 6.08 Å². The molecule has 0 aromatic carbocycles. The van der Waals surface area contributed by atoms with E-state index in [4.69, 9.17) is 9.84 Å². The Morgan fingerprint density at radius 3 is 2.69 bits per heavy atom. The molecule has 1 unspecified atom stereocenters. The van der Waals surface area contributed by atoms with Crippen LogP contribution in [0.15, 0.2) is 11.6 Å². The Kier molecular flexibility index (Phi) is 6.24. The molecule has 0 fully saturated rings. The van der Waals surface area contributed by atoms with Gasteiger partial charge in [-0.05, 0) is 33.6 Å². The van der Waals surface area contributed by atoms with Crippen LogP contribution in [-0.2, 0) is 9.53 Å². The summed E-state index contributed by atoms with van der Waals surface area (Å²) < 4.78 is 4.93. The van der Waals surface area contributed by atoms with Gasteiger partial charge in [-0.2, -0.15) is 0 Å². The zero-order valence-electron chi connectivity index (χ0n) is 8.54. The SMILES string of the molecule is CC=C(C)C(=O)OCCCC(C)O. The van der Waals surface area contributed by atoms with E-state index in [1.165, 1.54) is 0 Å². The van der Waals surface area contributed by atoms with Crippen molar-refractivity contribution in [2.75, 3.05) is 6.61 Å². The van der Waals surface area contributed by atoms with Crippen LogP contribution in [0.4, 0.5) is 0 Å². The maximum Gasteiger partial charge on any atom is 0.333 e. The highest BCUT2D eigenvalue weighted by molar-refractivity contribution is 5.87. The van der Waals surface area contributed by atoms with Gasteiger partial charge in [-0.3, -0.25) is 0 Å². The minimum Gasteiger partial charge on any atom is -0.462 e. The highest BCUT2D eigenvalue weighted by atomic mass is 16.5. The first-order chi connectivity index (χ1) is 6.07. The standard InChI is InChI=1S/C10H18O3/c1-4-8(2)10(12)13-7-5-6-9(3)11/h4,9,11H,5-7H2,1-3H3. The molecule has 0 aromatic rings. The average Bonchev–Trinajstić information content (AvgIpc) is 2.10. The fraction of sp³-hybridized carbons (Fsp3) is 0.700. The smallest absolute Gasteiger partial charge is 0.333 e. The minimum absolute atomic E-state index is 0.270. The lowest BCUT2D eigenvalue weighted by Gasteiger charge is -2.05. The number of hydrogen-bond donors (Lipinski definition) is 1. The molecule has 0 aliphatic heterocycles. The van der Waals surface area contributed by atoms with Crippen molar-refractivity contribution >= 4 is 5.97 Å². The quantitative estimate of drug-likeness (QED) is 0.403. The Morgan fingerprint density at radius 2 is 2.23 bits per heavy atom. The Hall–Kier alpha value is -0.830. The van der Waals surface area contributed by atoms with Crippen LogP contribution in [0, 0.1) is 0 Å². The van der Waals surface area contributed by atoms with Crippen LogP contribution in [0.25, 0.3) is 0 Å². The Balaban J connectivity index is 3.49. The molecule has 0 rings (SSSR count). The molecule has 0 aliphatic rings. The summed E-state index contributed by atoms with van der Waals surface area (Å²) in [5.74, 6) is -0.270. The van der Waals surface area contributed by atoms with Crippen molar-refractivity contribution in [2.45, 2.75) is 39.7 Å². The van der Waals surface area contributed by atoms with E-state index in [9.17, 15) is 4.79 Å². The molecule has 0 saturated carbocycles. The van der Waals surface area contributed by atoms with E-state index < -0.39 is 0 Å². The van der Waals surface area contributed by atoms with Gasteiger partial charge in [0.2, 0.25) is 0 Å². The third-order valence-corrected chi connectivity index (χ3v) is 1.75. The van der Waals surface area contributed by atoms with Gasteiger partial charge >= 0.3 is 5.97 Å². The highest BCUT2D eigenvalue weighted by Crippen LogP contribution is 2.00. The van der Waals surface area contributed by atoms with E-state index in [-0.39, 0.29) is 12.1 Å². The van der Waals surface area contributed by atoms with Gasteiger partial charge in [0.25, 0.3) is 0 Å². The van der Waals surface area contributed by atoms with Crippen molar-refractivity contribution in [3.63, 3.8) is 0 Å². The van der Waals surface area contributed by atoms with Crippen molar-refractivity contribution in [1.29, 1.82) is 0 Å². The third kappa shape index (κ3) is 6.34. The normalized spacial score (nSPS) is 14.0. The lowest BCUT2D eigenvalue weighted by Crippen LogP contribution is -2.09. The fourth-order valence-corrected chi connectivity index (χ4v) is 0.775. The number of esters is 1. The van der Waals surface area contributed by atoms with Crippen molar-refractivity contribution in [3.8, 4) is 0 Å². The van der Waals surface area contributed by atoms with E-state index in [2.05, 4.69) is 0 Å². The van der Waals surface area contributed by atoms with Crippen LogP contribution < -0.4 is 0 Å². The number of rotatable bonds is 5. The number of carbonyl (C=O) groups is 1. The van der Waals surface area contributed by atoms with Crippen molar-refractivity contribution < 1.29 is 14.6 Å². The van der Waals surface area contributed by atoms with Crippen LogP contribution in [0.5, 0.6) is 0 Å². The number of ether oxygens (including phenoxy) is 1. The van der Waals surface area contributed by atoms with E-state index in [1.807, 2.05) is 0 Å². The average molecular weight is 186 g/mol. The highest BCUT2D eigenvalue weighted by Gasteiger charge is 2.03. The van der Waals surface area contributed by atoms with Crippen LogP contribution in [-0.4, -0.2) is 23.8 Å². The second kappa shape index (κ2) is 6.66. The molecule has 0 aromatic heterocycles. The summed E-state index contributed by atoms with van der Waals surface area (Å²) >= 11 is 0. The monoisotopic (exact) mass is 186 g/mol.